The van der Waals surface area contributed by atoms with Crippen molar-refractivity contribution in [1.29, 1.82) is 0 Å². The highest BCUT2D eigenvalue weighted by Gasteiger charge is 2.05. The molecule has 116 valence electrons. The van der Waals surface area contributed by atoms with Gasteiger partial charge in [-0.05, 0) is 12.1 Å². The van der Waals surface area contributed by atoms with Crippen LogP contribution in [0.1, 0.15) is 27.7 Å². The zero-order valence-electron chi connectivity index (χ0n) is 13.3. The maximum absolute atomic E-state index is 11.3. The number of aromatic amines is 1. The monoisotopic (exact) mass is 299 g/mol. The molecule has 1 aromatic carbocycles. The lowest BCUT2D eigenvalue weighted by molar-refractivity contribution is 0.486. The third-order valence-corrected chi connectivity index (χ3v) is 2.42. The first-order valence-corrected chi connectivity index (χ1v) is 7.40. The van der Waals surface area contributed by atoms with Crippen molar-refractivity contribution in [3.05, 3.63) is 59.1 Å². The smallest absolute Gasteiger partial charge is 0.267 e. The van der Waals surface area contributed by atoms with Crippen LogP contribution in [0.4, 0.5) is 0 Å². The number of rotatable bonds is 2. The van der Waals surface area contributed by atoms with E-state index in [1.807, 2.05) is 58.0 Å². The topological polar surface area (TPSA) is 67.9 Å². The minimum absolute atomic E-state index is 0.284. The van der Waals surface area contributed by atoms with E-state index >= 15 is 0 Å². The normalized spacial score (nSPS) is 9.09. The van der Waals surface area contributed by atoms with E-state index in [4.69, 9.17) is 4.74 Å². The first-order chi connectivity index (χ1) is 10.8. The molecule has 3 aromatic rings. The van der Waals surface area contributed by atoms with Gasteiger partial charge in [0.05, 0.1) is 6.20 Å². The van der Waals surface area contributed by atoms with Crippen molar-refractivity contribution in [2.75, 3.05) is 0 Å². The lowest BCUT2D eigenvalue weighted by Crippen LogP contribution is -2.06. The summed E-state index contributed by atoms with van der Waals surface area (Å²) in [5.41, 5.74) is 0.658. The van der Waals surface area contributed by atoms with Crippen LogP contribution in [0.25, 0.3) is 11.2 Å². The molecule has 3 rings (SSSR count). The first-order valence-electron chi connectivity index (χ1n) is 7.40. The fraction of sp³-hybridized carbons (Fsp3) is 0.235. The van der Waals surface area contributed by atoms with E-state index in [-0.39, 0.29) is 5.56 Å². The van der Waals surface area contributed by atoms with E-state index in [1.165, 1.54) is 6.20 Å². The maximum Gasteiger partial charge on any atom is 0.267 e. The number of hydrogen-bond donors (Lipinski definition) is 1. The summed E-state index contributed by atoms with van der Waals surface area (Å²) in [6.45, 7) is 8.00. The van der Waals surface area contributed by atoms with E-state index in [2.05, 4.69) is 15.0 Å². The van der Waals surface area contributed by atoms with Crippen LogP contribution in [0, 0.1) is 0 Å². The molecule has 22 heavy (non-hydrogen) atoms. The summed E-state index contributed by atoms with van der Waals surface area (Å²) in [5.74, 6) is 1.21. The summed E-state index contributed by atoms with van der Waals surface area (Å²) < 4.78 is 5.70. The number of pyridine rings is 1. The maximum atomic E-state index is 11.3. The molecule has 5 heteroatoms. The lowest BCUT2D eigenvalue weighted by atomic mass is 10.3. The molecule has 0 fully saturated rings. The van der Waals surface area contributed by atoms with Gasteiger partial charge < -0.3 is 9.72 Å². The molecule has 0 radical (unpaired) electrons. The van der Waals surface area contributed by atoms with Crippen LogP contribution >= 0.6 is 0 Å². The Morgan fingerprint density at radius 1 is 0.955 bits per heavy atom. The Morgan fingerprint density at radius 3 is 2.32 bits per heavy atom. The molecule has 0 aliphatic carbocycles. The predicted octanol–water partition coefficient (Wildman–Crippen LogP) is 4.16. The van der Waals surface area contributed by atoms with Crippen LogP contribution < -0.4 is 10.3 Å². The molecule has 0 spiro atoms. The van der Waals surface area contributed by atoms with Gasteiger partial charge in [0.25, 0.3) is 5.56 Å². The van der Waals surface area contributed by atoms with Gasteiger partial charge in [0.1, 0.15) is 11.3 Å². The van der Waals surface area contributed by atoms with Gasteiger partial charge >= 0.3 is 0 Å². The standard InChI is InChI=1S/C13H9N3O2.2C2H6/c17-11-8-15-13-12(16-11)10(6-7-14-13)18-9-4-2-1-3-5-9;2*1-2/h1-8H,(H,16,17);2*1-2H3. The number of hydrogen-bond acceptors (Lipinski definition) is 4. The Balaban J connectivity index is 0.000000561. The fourth-order valence-electron chi connectivity index (χ4n) is 1.62. The molecule has 0 unspecified atom stereocenters. The number of benzene rings is 1. The van der Waals surface area contributed by atoms with Gasteiger partial charge in [-0.2, -0.15) is 0 Å². The summed E-state index contributed by atoms with van der Waals surface area (Å²) in [6, 6.07) is 11.0. The molecule has 0 atom stereocenters. The van der Waals surface area contributed by atoms with Crippen LogP contribution in [-0.2, 0) is 0 Å². The summed E-state index contributed by atoms with van der Waals surface area (Å²) in [4.78, 5) is 22.0. The molecule has 0 bridgehead atoms. The minimum atomic E-state index is -0.284. The second-order valence-electron chi connectivity index (χ2n) is 3.67. The lowest BCUT2D eigenvalue weighted by Gasteiger charge is -2.07. The van der Waals surface area contributed by atoms with Crippen LogP contribution in [0.3, 0.4) is 0 Å². The number of para-hydroxylation sites is 1. The van der Waals surface area contributed by atoms with Crippen molar-refractivity contribution >= 4 is 11.2 Å². The fourth-order valence-corrected chi connectivity index (χ4v) is 1.62. The zero-order chi connectivity index (χ0) is 16.4. The third-order valence-electron chi connectivity index (χ3n) is 2.42. The van der Waals surface area contributed by atoms with Crippen molar-refractivity contribution in [3.8, 4) is 11.5 Å². The molecule has 0 aliphatic rings. The largest absolute Gasteiger partial charge is 0.455 e. The molecule has 5 nitrogen and oxygen atoms in total. The van der Waals surface area contributed by atoms with Crippen LogP contribution in [0.5, 0.6) is 11.5 Å². The molecule has 0 saturated carbocycles. The molecular weight excluding hydrogens is 278 g/mol. The molecule has 1 N–H and O–H groups in total. The third kappa shape index (κ3) is 4.41. The summed E-state index contributed by atoms with van der Waals surface area (Å²) >= 11 is 0. The van der Waals surface area contributed by atoms with E-state index in [9.17, 15) is 4.79 Å². The van der Waals surface area contributed by atoms with E-state index in [1.54, 1.807) is 12.3 Å². The second-order valence-corrected chi connectivity index (χ2v) is 3.67. The minimum Gasteiger partial charge on any atom is -0.455 e. The SMILES string of the molecule is CC.CC.O=c1cnc2nccc(Oc3ccccc3)c2[nH]1. The highest BCUT2D eigenvalue weighted by molar-refractivity contribution is 5.76. The van der Waals surface area contributed by atoms with Gasteiger partial charge in [-0.15, -0.1) is 0 Å². The first kappa shape index (κ1) is 17.4. The Morgan fingerprint density at radius 2 is 1.64 bits per heavy atom. The predicted molar refractivity (Wildman–Crippen MR) is 89.4 cm³/mol. The van der Waals surface area contributed by atoms with Gasteiger partial charge in [-0.3, -0.25) is 4.79 Å². The average molecular weight is 299 g/mol. The quantitative estimate of drug-likeness (QED) is 0.771. The summed E-state index contributed by atoms with van der Waals surface area (Å²) in [6.07, 6.45) is 2.79. The second kappa shape index (κ2) is 9.28. The van der Waals surface area contributed by atoms with Crippen molar-refractivity contribution < 1.29 is 4.74 Å². The van der Waals surface area contributed by atoms with Crippen molar-refractivity contribution in [2.45, 2.75) is 27.7 Å². The number of H-pyrrole nitrogens is 1. The van der Waals surface area contributed by atoms with Gasteiger partial charge in [0.2, 0.25) is 0 Å². The molecule has 0 aliphatic heterocycles. The van der Waals surface area contributed by atoms with E-state index in [0.29, 0.717) is 22.7 Å². The van der Waals surface area contributed by atoms with Gasteiger partial charge in [-0.1, -0.05) is 45.9 Å². The number of ether oxygens (including phenoxy) is 1. The Hall–Kier alpha value is -2.69. The molecule has 0 amide bonds. The van der Waals surface area contributed by atoms with Crippen LogP contribution in [0.2, 0.25) is 0 Å². The van der Waals surface area contributed by atoms with Crippen molar-refractivity contribution in [1.82, 2.24) is 15.0 Å². The van der Waals surface area contributed by atoms with Crippen LogP contribution in [0.15, 0.2) is 53.6 Å². The van der Waals surface area contributed by atoms with Crippen LogP contribution in [-0.4, -0.2) is 15.0 Å². The number of nitrogens with zero attached hydrogens (tertiary/aromatic N) is 2. The van der Waals surface area contributed by atoms with Gasteiger partial charge in [0, 0.05) is 12.3 Å². The Bertz CT molecular complexity index is 739. The summed E-state index contributed by atoms with van der Waals surface area (Å²) in [7, 11) is 0. The van der Waals surface area contributed by atoms with E-state index < -0.39 is 0 Å². The zero-order valence-corrected chi connectivity index (χ0v) is 13.3. The molecule has 0 saturated heterocycles. The number of fused-ring (bicyclic) bond motifs is 1. The summed E-state index contributed by atoms with van der Waals surface area (Å²) in [5, 5.41) is 0. The number of nitrogens with one attached hydrogen (secondary N) is 1. The Labute approximate surface area is 130 Å². The van der Waals surface area contributed by atoms with Gasteiger partial charge in [0.15, 0.2) is 11.4 Å². The molecule has 2 aromatic heterocycles. The Kier molecular flexibility index (Phi) is 7.33. The van der Waals surface area contributed by atoms with Gasteiger partial charge in [-0.25, -0.2) is 9.97 Å². The average Bonchev–Trinajstić information content (AvgIpc) is 2.60. The van der Waals surface area contributed by atoms with E-state index in [0.717, 1.165) is 0 Å². The van der Waals surface area contributed by atoms with Crippen molar-refractivity contribution in [3.63, 3.8) is 0 Å². The highest BCUT2D eigenvalue weighted by atomic mass is 16.5. The molecule has 2 heterocycles. The number of aromatic nitrogens is 3. The van der Waals surface area contributed by atoms with Crippen molar-refractivity contribution in [2.24, 2.45) is 0 Å². The highest BCUT2D eigenvalue weighted by Crippen LogP contribution is 2.25. The molecular formula is C17H21N3O2.